The summed E-state index contributed by atoms with van der Waals surface area (Å²) in [4.78, 5) is 20.2. The molecule has 0 bridgehead atoms. The van der Waals surface area contributed by atoms with Crippen LogP contribution in [0.4, 0.5) is 5.69 Å². The Bertz CT molecular complexity index is 352. The normalized spacial score (nSPS) is 11.7. The Labute approximate surface area is 85.7 Å². The molecule has 0 spiro atoms. The third kappa shape index (κ3) is 3.63. The number of benzene rings is 1. The van der Waals surface area contributed by atoms with E-state index in [1.54, 1.807) is 30.3 Å². The van der Waals surface area contributed by atoms with Crippen LogP contribution in [-0.2, 0) is 4.79 Å². The number of carbonyl (C=O) groups is 1. The van der Waals surface area contributed by atoms with Gasteiger partial charge in [0.15, 0.2) is 0 Å². The summed E-state index contributed by atoms with van der Waals surface area (Å²) in [6.45, 7) is 0. The Kier molecular flexibility index (Phi) is 3.61. The number of nitrogens with zero attached hydrogens (tertiary/aromatic N) is 1. The van der Waals surface area contributed by atoms with Gasteiger partial charge in [-0.3, -0.25) is 14.9 Å². The second-order valence-corrected chi connectivity index (χ2v) is 2.91. The van der Waals surface area contributed by atoms with Crippen LogP contribution < -0.4 is 5.32 Å². The maximum atomic E-state index is 10.5. The van der Waals surface area contributed by atoms with Crippen molar-refractivity contribution in [3.8, 4) is 0 Å². The number of carboxylic acid groups (broad SMARTS) is 1. The summed E-state index contributed by atoms with van der Waals surface area (Å²) in [6, 6.07) is 8.46. The van der Waals surface area contributed by atoms with Crippen LogP contribution in [0.15, 0.2) is 30.3 Å². The van der Waals surface area contributed by atoms with E-state index in [0.29, 0.717) is 5.69 Å². The monoisotopic (exact) mass is 210 g/mol. The molecule has 0 aliphatic carbocycles. The Morgan fingerprint density at radius 1 is 1.47 bits per heavy atom. The van der Waals surface area contributed by atoms with Gasteiger partial charge < -0.3 is 10.4 Å². The first-order chi connectivity index (χ1) is 7.09. The van der Waals surface area contributed by atoms with Gasteiger partial charge in [-0.2, -0.15) is 0 Å². The molecule has 6 nitrogen and oxygen atoms in total. The summed E-state index contributed by atoms with van der Waals surface area (Å²) in [5, 5.41) is 21.5. The number of nitrogens with one attached hydrogen (secondary N) is 1. The van der Waals surface area contributed by atoms with Gasteiger partial charge in [-0.15, -0.1) is 0 Å². The Balaban J connectivity index is 2.67. The summed E-state index contributed by atoms with van der Waals surface area (Å²) in [7, 11) is 0. The highest BCUT2D eigenvalue weighted by molar-refractivity contribution is 5.67. The second kappa shape index (κ2) is 4.94. The lowest BCUT2D eigenvalue weighted by Gasteiger charge is -2.10. The molecule has 0 aromatic heterocycles. The van der Waals surface area contributed by atoms with Crippen LogP contribution in [0.1, 0.15) is 6.42 Å². The first-order valence-corrected chi connectivity index (χ1v) is 4.26. The fourth-order valence-corrected chi connectivity index (χ4v) is 1.07. The standard InChI is InChI=1S/C9H10N2O4/c12-9(13)6-8(11(14)15)10-7-4-2-1-3-5-7/h1-5,8,10H,6H2,(H,12,13). The Hall–Kier alpha value is -2.11. The number of hydrogen-bond donors (Lipinski definition) is 2. The van der Waals surface area contributed by atoms with Gasteiger partial charge in [-0.25, -0.2) is 0 Å². The molecule has 0 aliphatic rings. The lowest BCUT2D eigenvalue weighted by Crippen LogP contribution is -2.31. The fourth-order valence-electron chi connectivity index (χ4n) is 1.07. The van der Waals surface area contributed by atoms with Crippen LogP contribution in [0.5, 0.6) is 0 Å². The molecular weight excluding hydrogens is 200 g/mol. The molecule has 0 heterocycles. The highest BCUT2D eigenvalue weighted by Gasteiger charge is 2.22. The van der Waals surface area contributed by atoms with E-state index in [0.717, 1.165) is 0 Å². The minimum atomic E-state index is -1.30. The minimum Gasteiger partial charge on any atom is -0.481 e. The van der Waals surface area contributed by atoms with Crippen molar-refractivity contribution < 1.29 is 14.8 Å². The predicted octanol–water partition coefficient (Wildman–Crippen LogP) is 1.18. The average Bonchev–Trinajstić information content (AvgIpc) is 2.17. The zero-order valence-corrected chi connectivity index (χ0v) is 7.79. The van der Waals surface area contributed by atoms with Gasteiger partial charge in [0.1, 0.15) is 6.42 Å². The third-order valence-corrected chi connectivity index (χ3v) is 1.73. The van der Waals surface area contributed by atoms with Crippen molar-refractivity contribution in [2.75, 3.05) is 5.32 Å². The van der Waals surface area contributed by atoms with Gasteiger partial charge in [0, 0.05) is 10.6 Å². The molecule has 2 N–H and O–H groups in total. The number of rotatable bonds is 5. The number of anilines is 1. The van der Waals surface area contributed by atoms with Crippen molar-refractivity contribution in [1.82, 2.24) is 0 Å². The van der Waals surface area contributed by atoms with E-state index >= 15 is 0 Å². The molecule has 6 heteroatoms. The molecule has 15 heavy (non-hydrogen) atoms. The molecule has 1 aromatic rings. The van der Waals surface area contributed by atoms with Crippen molar-refractivity contribution in [2.45, 2.75) is 12.6 Å². The highest BCUT2D eigenvalue weighted by atomic mass is 16.6. The van der Waals surface area contributed by atoms with Gasteiger partial charge in [0.05, 0.1) is 0 Å². The van der Waals surface area contributed by atoms with E-state index in [1.807, 2.05) is 0 Å². The Morgan fingerprint density at radius 2 is 2.07 bits per heavy atom. The van der Waals surface area contributed by atoms with Crippen LogP contribution in [0.25, 0.3) is 0 Å². The van der Waals surface area contributed by atoms with Crippen molar-refractivity contribution in [3.05, 3.63) is 40.4 Å². The summed E-state index contributed by atoms with van der Waals surface area (Å²) in [5.74, 6) is -1.21. The number of carboxylic acids is 1. The number of para-hydroxylation sites is 1. The molecule has 80 valence electrons. The predicted molar refractivity (Wildman–Crippen MR) is 53.1 cm³/mol. The van der Waals surface area contributed by atoms with Crippen molar-refractivity contribution in [1.29, 1.82) is 0 Å². The molecule has 0 amide bonds. The van der Waals surface area contributed by atoms with Crippen LogP contribution in [0, 0.1) is 10.1 Å². The van der Waals surface area contributed by atoms with E-state index in [4.69, 9.17) is 5.11 Å². The van der Waals surface area contributed by atoms with Crippen LogP contribution in [0.2, 0.25) is 0 Å². The molecule has 0 radical (unpaired) electrons. The van der Waals surface area contributed by atoms with E-state index in [9.17, 15) is 14.9 Å². The molecule has 0 saturated carbocycles. The maximum absolute atomic E-state index is 10.5. The first kappa shape index (κ1) is 11.0. The molecular formula is C9H10N2O4. The van der Waals surface area contributed by atoms with E-state index in [1.165, 1.54) is 0 Å². The zero-order valence-electron chi connectivity index (χ0n) is 7.79. The summed E-state index contributed by atoms with van der Waals surface area (Å²) in [5.41, 5.74) is 0.528. The third-order valence-electron chi connectivity index (χ3n) is 1.73. The van der Waals surface area contributed by atoms with Crippen molar-refractivity contribution >= 4 is 11.7 Å². The zero-order chi connectivity index (χ0) is 11.3. The van der Waals surface area contributed by atoms with Crippen LogP contribution in [-0.4, -0.2) is 22.2 Å². The summed E-state index contributed by atoms with van der Waals surface area (Å²) >= 11 is 0. The van der Waals surface area contributed by atoms with E-state index < -0.39 is 23.5 Å². The number of aliphatic carboxylic acids is 1. The highest BCUT2D eigenvalue weighted by Crippen LogP contribution is 2.09. The first-order valence-electron chi connectivity index (χ1n) is 4.26. The van der Waals surface area contributed by atoms with Gasteiger partial charge in [0.25, 0.3) is 6.17 Å². The van der Waals surface area contributed by atoms with E-state index in [-0.39, 0.29) is 0 Å². The van der Waals surface area contributed by atoms with Gasteiger partial charge in [-0.05, 0) is 12.1 Å². The number of hydrogen-bond acceptors (Lipinski definition) is 4. The molecule has 1 rings (SSSR count). The Morgan fingerprint density at radius 3 is 2.53 bits per heavy atom. The van der Waals surface area contributed by atoms with E-state index in [2.05, 4.69) is 5.32 Å². The molecule has 1 unspecified atom stereocenters. The van der Waals surface area contributed by atoms with Gasteiger partial charge >= 0.3 is 5.97 Å². The lowest BCUT2D eigenvalue weighted by molar-refractivity contribution is -0.514. The fraction of sp³-hybridized carbons (Fsp3) is 0.222. The van der Waals surface area contributed by atoms with Crippen LogP contribution >= 0.6 is 0 Å². The van der Waals surface area contributed by atoms with Gasteiger partial charge in [-0.1, -0.05) is 18.2 Å². The van der Waals surface area contributed by atoms with Crippen LogP contribution in [0.3, 0.4) is 0 Å². The molecule has 0 saturated heterocycles. The largest absolute Gasteiger partial charge is 0.481 e. The van der Waals surface area contributed by atoms with Crippen molar-refractivity contribution in [3.63, 3.8) is 0 Å². The SMILES string of the molecule is O=C(O)CC(Nc1ccccc1)[N+](=O)[O-]. The quantitative estimate of drug-likeness (QED) is 0.432. The van der Waals surface area contributed by atoms with Gasteiger partial charge in [0.2, 0.25) is 0 Å². The molecule has 1 aromatic carbocycles. The average molecular weight is 210 g/mol. The smallest absolute Gasteiger partial charge is 0.312 e. The summed E-state index contributed by atoms with van der Waals surface area (Å²) < 4.78 is 0. The molecule has 0 aliphatic heterocycles. The lowest BCUT2D eigenvalue weighted by atomic mass is 10.3. The second-order valence-electron chi connectivity index (χ2n) is 2.91. The topological polar surface area (TPSA) is 92.5 Å². The molecule has 1 atom stereocenters. The maximum Gasteiger partial charge on any atom is 0.312 e. The number of nitro groups is 1. The summed E-state index contributed by atoms with van der Waals surface area (Å²) in [6.07, 6.45) is -1.85. The molecule has 0 fully saturated rings. The van der Waals surface area contributed by atoms with Crippen molar-refractivity contribution in [2.24, 2.45) is 0 Å². The minimum absolute atomic E-state index is 0.528.